The van der Waals surface area contributed by atoms with Crippen molar-refractivity contribution in [2.75, 3.05) is 44.7 Å². The summed E-state index contributed by atoms with van der Waals surface area (Å²) >= 11 is 0. The number of para-hydroxylation sites is 2. The predicted octanol–water partition coefficient (Wildman–Crippen LogP) is 5.59. The second kappa shape index (κ2) is 9.56. The minimum Gasteiger partial charge on any atom is -0.493 e. The van der Waals surface area contributed by atoms with Gasteiger partial charge in [0.15, 0.2) is 17.3 Å². The zero-order valence-corrected chi connectivity index (χ0v) is 20.5. The van der Waals surface area contributed by atoms with Gasteiger partial charge < -0.3 is 19.4 Å². The number of benzene rings is 3. The predicted molar refractivity (Wildman–Crippen MR) is 139 cm³/mol. The molecule has 1 aliphatic heterocycles. The Kier molecular flexibility index (Phi) is 6.07. The van der Waals surface area contributed by atoms with Crippen LogP contribution in [0.25, 0.3) is 33.5 Å². The van der Waals surface area contributed by atoms with Crippen LogP contribution in [0.3, 0.4) is 0 Å². The van der Waals surface area contributed by atoms with Gasteiger partial charge in [0, 0.05) is 37.3 Å². The van der Waals surface area contributed by atoms with Crippen LogP contribution >= 0.6 is 0 Å². The number of H-pyrrole nitrogens is 2. The van der Waals surface area contributed by atoms with Crippen LogP contribution in [-0.2, 0) is 0 Å². The van der Waals surface area contributed by atoms with Crippen LogP contribution in [0.4, 0.5) is 18.9 Å². The Morgan fingerprint density at radius 2 is 1.71 bits per heavy atom. The highest BCUT2D eigenvalue weighted by atomic mass is 19.4. The van der Waals surface area contributed by atoms with Crippen molar-refractivity contribution in [1.29, 1.82) is 0 Å². The Morgan fingerprint density at radius 1 is 0.921 bits per heavy atom. The average molecular weight is 523 g/mol. The third-order valence-corrected chi connectivity index (χ3v) is 6.66. The summed E-state index contributed by atoms with van der Waals surface area (Å²) in [5, 5.41) is 8.38. The third kappa shape index (κ3) is 4.84. The quantitative estimate of drug-likeness (QED) is 0.303. The minimum absolute atomic E-state index is 0.365. The van der Waals surface area contributed by atoms with Gasteiger partial charge in [-0.2, -0.15) is 18.3 Å². The normalized spacial score (nSPS) is 14.9. The Labute approximate surface area is 216 Å². The highest BCUT2D eigenvalue weighted by molar-refractivity contribution is 5.94. The summed E-state index contributed by atoms with van der Waals surface area (Å²) in [7, 11) is 1.60. The summed E-state index contributed by atoms with van der Waals surface area (Å²) in [5.74, 6) is 2.48. The summed E-state index contributed by atoms with van der Waals surface area (Å²) < 4.78 is 49.6. The van der Waals surface area contributed by atoms with Gasteiger partial charge in [0.05, 0.1) is 30.2 Å². The van der Waals surface area contributed by atoms with E-state index in [4.69, 9.17) is 14.5 Å². The molecule has 0 saturated carbocycles. The second-order valence-electron chi connectivity index (χ2n) is 9.20. The first-order valence-electron chi connectivity index (χ1n) is 12.2. The number of hydrogen-bond donors (Lipinski definition) is 2. The van der Waals surface area contributed by atoms with E-state index in [0.717, 1.165) is 27.6 Å². The lowest BCUT2D eigenvalue weighted by Gasteiger charge is -2.36. The van der Waals surface area contributed by atoms with E-state index in [-0.39, 0.29) is 0 Å². The molecule has 2 N–H and O–H groups in total. The Morgan fingerprint density at radius 3 is 2.47 bits per heavy atom. The molecule has 1 aliphatic rings. The fourth-order valence-corrected chi connectivity index (χ4v) is 4.79. The Hall–Kier alpha value is -4.25. The number of nitrogens with one attached hydrogen (secondary N) is 2. The fourth-order valence-electron chi connectivity index (χ4n) is 4.79. The van der Waals surface area contributed by atoms with Gasteiger partial charge >= 0.3 is 6.18 Å². The van der Waals surface area contributed by atoms with Crippen LogP contribution < -0.4 is 14.4 Å². The SMILES string of the molecule is COc1ccccc1Oc1ccc2[nH]nc(-c3nc4ccc(N5CCN(CC(F)(F)F)CC5)cc4[nH]3)c2c1. The molecule has 38 heavy (non-hydrogen) atoms. The Balaban J connectivity index is 1.24. The van der Waals surface area contributed by atoms with Gasteiger partial charge in [-0.3, -0.25) is 10.00 Å². The van der Waals surface area contributed by atoms with Gasteiger partial charge in [0.1, 0.15) is 11.4 Å². The second-order valence-corrected chi connectivity index (χ2v) is 9.20. The molecule has 1 fully saturated rings. The summed E-state index contributed by atoms with van der Waals surface area (Å²) in [5.41, 5.74) is 4.04. The largest absolute Gasteiger partial charge is 0.493 e. The smallest absolute Gasteiger partial charge is 0.401 e. The maximum Gasteiger partial charge on any atom is 0.401 e. The average Bonchev–Trinajstić information content (AvgIpc) is 3.52. The molecule has 5 aromatic rings. The van der Waals surface area contributed by atoms with Crippen molar-refractivity contribution in [2.45, 2.75) is 6.18 Å². The van der Waals surface area contributed by atoms with Gasteiger partial charge in [-0.05, 0) is 48.5 Å². The van der Waals surface area contributed by atoms with Crippen molar-refractivity contribution in [2.24, 2.45) is 0 Å². The number of piperazine rings is 1. The molecule has 0 spiro atoms. The number of methoxy groups -OCH3 is 1. The molecule has 0 atom stereocenters. The molecule has 3 aromatic carbocycles. The van der Waals surface area contributed by atoms with Crippen molar-refractivity contribution in [3.05, 3.63) is 60.7 Å². The monoisotopic (exact) mass is 522 g/mol. The van der Waals surface area contributed by atoms with E-state index < -0.39 is 12.7 Å². The number of ether oxygens (including phenoxy) is 2. The highest BCUT2D eigenvalue weighted by Gasteiger charge is 2.32. The van der Waals surface area contributed by atoms with Gasteiger partial charge in [0.2, 0.25) is 0 Å². The standard InChI is InChI=1S/C27H25F3N6O2/c1-37-23-4-2-3-5-24(23)38-18-7-9-20-19(15-18)25(34-33-20)26-31-21-8-6-17(14-22(21)32-26)36-12-10-35(11-13-36)16-27(28,29)30/h2-9,14-15H,10-13,16H2,1H3,(H,31,32)(H,33,34). The summed E-state index contributed by atoms with van der Waals surface area (Å²) in [4.78, 5) is 11.6. The van der Waals surface area contributed by atoms with Gasteiger partial charge in [-0.1, -0.05) is 12.1 Å². The van der Waals surface area contributed by atoms with E-state index >= 15 is 0 Å². The molecule has 1 saturated heterocycles. The van der Waals surface area contributed by atoms with Crippen molar-refractivity contribution in [3.63, 3.8) is 0 Å². The van der Waals surface area contributed by atoms with E-state index in [0.29, 0.717) is 54.9 Å². The van der Waals surface area contributed by atoms with Crippen molar-refractivity contribution >= 4 is 27.6 Å². The highest BCUT2D eigenvalue weighted by Crippen LogP contribution is 2.35. The molecule has 0 aliphatic carbocycles. The van der Waals surface area contributed by atoms with Gasteiger partial charge in [-0.15, -0.1) is 0 Å². The van der Waals surface area contributed by atoms with Gasteiger partial charge in [0.25, 0.3) is 0 Å². The van der Waals surface area contributed by atoms with Crippen molar-refractivity contribution in [3.8, 4) is 28.8 Å². The number of aromatic amines is 2. The molecule has 0 unspecified atom stereocenters. The molecule has 6 rings (SSSR count). The van der Waals surface area contributed by atoms with Crippen LogP contribution in [-0.4, -0.2) is 71.1 Å². The maximum absolute atomic E-state index is 12.7. The lowest BCUT2D eigenvalue weighted by atomic mass is 10.2. The molecule has 11 heteroatoms. The molecule has 196 valence electrons. The number of alkyl halides is 3. The van der Waals surface area contributed by atoms with E-state index in [1.54, 1.807) is 7.11 Å². The number of imidazole rings is 1. The zero-order chi connectivity index (χ0) is 26.3. The summed E-state index contributed by atoms with van der Waals surface area (Å²) in [6.07, 6.45) is -4.18. The number of halogens is 3. The Bertz CT molecular complexity index is 1590. The number of anilines is 1. The van der Waals surface area contributed by atoms with Crippen molar-refractivity contribution in [1.82, 2.24) is 25.1 Å². The first-order chi connectivity index (χ1) is 18.4. The molecule has 8 nitrogen and oxygen atoms in total. The van der Waals surface area contributed by atoms with Crippen molar-refractivity contribution < 1.29 is 22.6 Å². The van der Waals surface area contributed by atoms with Crippen LogP contribution in [0.5, 0.6) is 17.2 Å². The lowest BCUT2D eigenvalue weighted by Crippen LogP contribution is -2.49. The molecule has 3 heterocycles. The summed E-state index contributed by atoms with van der Waals surface area (Å²) in [6, 6.07) is 18.9. The van der Waals surface area contributed by atoms with E-state index in [1.807, 2.05) is 60.7 Å². The molecule has 0 amide bonds. The molecular weight excluding hydrogens is 497 g/mol. The van der Waals surface area contributed by atoms with Gasteiger partial charge in [-0.25, -0.2) is 4.98 Å². The first kappa shape index (κ1) is 24.1. The van der Waals surface area contributed by atoms with Crippen LogP contribution in [0.1, 0.15) is 0 Å². The maximum atomic E-state index is 12.7. The van der Waals surface area contributed by atoms with Crippen LogP contribution in [0, 0.1) is 0 Å². The number of aromatic nitrogens is 4. The molecule has 0 bridgehead atoms. The lowest BCUT2D eigenvalue weighted by molar-refractivity contribution is -0.146. The molecule has 0 radical (unpaired) electrons. The third-order valence-electron chi connectivity index (χ3n) is 6.66. The fraction of sp³-hybridized carbons (Fsp3) is 0.259. The first-order valence-corrected chi connectivity index (χ1v) is 12.2. The van der Waals surface area contributed by atoms with Crippen LogP contribution in [0.2, 0.25) is 0 Å². The number of nitrogens with zero attached hydrogens (tertiary/aromatic N) is 4. The van der Waals surface area contributed by atoms with Crippen LogP contribution in [0.15, 0.2) is 60.7 Å². The van der Waals surface area contributed by atoms with E-state index in [9.17, 15) is 13.2 Å². The number of hydrogen-bond acceptors (Lipinski definition) is 6. The van der Waals surface area contributed by atoms with E-state index in [1.165, 1.54) is 4.90 Å². The number of rotatable bonds is 6. The zero-order valence-electron chi connectivity index (χ0n) is 20.5. The molecule has 2 aromatic heterocycles. The number of fused-ring (bicyclic) bond motifs is 2. The topological polar surface area (TPSA) is 82.3 Å². The minimum atomic E-state index is -4.18. The molecular formula is C27H25F3N6O2. The summed E-state index contributed by atoms with van der Waals surface area (Å²) in [6.45, 7) is 0.921. The van der Waals surface area contributed by atoms with E-state index in [2.05, 4.69) is 20.1 Å².